The molecule has 27 nitrogen and oxygen atoms in total. The quantitative estimate of drug-likeness (QED) is 0.0932. The van der Waals surface area contributed by atoms with Crippen LogP contribution in [0.3, 0.4) is 0 Å². The third-order valence-electron chi connectivity index (χ3n) is 11.2. The molecule has 0 spiro atoms. The molecule has 5 N–H and O–H groups in total. The summed E-state index contributed by atoms with van der Waals surface area (Å²) in [7, 11) is -11.5. The highest BCUT2D eigenvalue weighted by Crippen LogP contribution is 2.41. The van der Waals surface area contributed by atoms with Gasteiger partial charge in [0.25, 0.3) is 0 Å². The fraction of sp³-hybridized carbons (Fsp3) is 0.939. The van der Waals surface area contributed by atoms with Gasteiger partial charge in [-0.15, -0.1) is 0 Å². The Morgan fingerprint density at radius 1 is 0.444 bits per heavy atom. The van der Waals surface area contributed by atoms with Crippen LogP contribution in [0.4, 0.5) is 0 Å². The fourth-order valence-electron chi connectivity index (χ4n) is 8.33. The third-order valence-corrected chi connectivity index (χ3v) is 12.6. The van der Waals surface area contributed by atoms with Crippen LogP contribution in [0, 0.1) is 17.8 Å². The number of carbonyl (C=O) groups is 2. The number of ether oxygens (including phenoxy) is 11. The first-order valence-electron chi connectivity index (χ1n) is 19.4. The van der Waals surface area contributed by atoms with E-state index < -0.39 is 165 Å². The van der Waals surface area contributed by atoms with Crippen molar-refractivity contribution in [2.24, 2.45) is 17.8 Å². The van der Waals surface area contributed by atoms with Gasteiger partial charge in [-0.25, -0.2) is 22.1 Å². The molecule has 368 valence electrons. The first-order chi connectivity index (χ1) is 29.2. The van der Waals surface area contributed by atoms with E-state index in [4.69, 9.17) is 64.7 Å². The summed E-state index contributed by atoms with van der Waals surface area (Å²) >= 11 is 0. The summed E-state index contributed by atoms with van der Waals surface area (Å²) < 4.78 is 181. The van der Waals surface area contributed by atoms with E-state index in [2.05, 4.69) is 0 Å². The Bertz CT molecular complexity index is 1870. The van der Waals surface area contributed by atoms with E-state index in [1.807, 2.05) is 0 Å². The molecule has 4 fully saturated rings. The van der Waals surface area contributed by atoms with E-state index in [-0.39, 0.29) is 12.8 Å². The molecule has 4 saturated heterocycles. The van der Waals surface area contributed by atoms with E-state index >= 15 is 0 Å². The van der Waals surface area contributed by atoms with Crippen LogP contribution in [0.5, 0.6) is 0 Å². The van der Waals surface area contributed by atoms with Gasteiger partial charge in [-0.05, 0) is 12.8 Å². The topological polar surface area (TPSA) is 367 Å². The van der Waals surface area contributed by atoms with Crippen LogP contribution in [-0.2, 0) is 105 Å². The summed E-state index contributed by atoms with van der Waals surface area (Å²) in [5.74, 6) is -6.00. The summed E-state index contributed by atoms with van der Waals surface area (Å²) in [5, 5.41) is 20.4. The molecule has 63 heavy (non-hydrogen) atoms. The molecule has 4 aliphatic rings. The highest BCUT2D eigenvalue weighted by Gasteiger charge is 2.59. The summed E-state index contributed by atoms with van der Waals surface area (Å²) in [6.45, 7) is 7.62. The number of carboxylic acids is 2. The molecule has 0 radical (unpaired) electrons. The first kappa shape index (κ1) is 53.7. The Labute approximate surface area is 363 Å². The SMILES string of the molecule is CCC1OC(OC)C(OS(=O)(=O)O)C(C)C1OC1OC(C(=O)O)C(OC2OC(CC)C(OC3OC(C(=O)O)C(C)C(OC)C3OC)C(OS(=O)(=O)O)C2OS(=O)(=O)O)C(OC)C1C. The summed E-state index contributed by atoms with van der Waals surface area (Å²) in [4.78, 5) is 25.1. The average molecular weight is 981 g/mol. The molecule has 0 aromatic carbocycles. The number of hydrogen-bond acceptors (Lipinski definition) is 22. The highest BCUT2D eigenvalue weighted by molar-refractivity contribution is 7.81. The second-order valence-electron chi connectivity index (χ2n) is 15.1. The standard InChI is InChI=1S/C33H56O27S3/c1-10-15-17(12(3)21(31(50-9)51-15)58-61(38,39)40)53-30-14(5)19(48-7)23(25(57-30)29(36)37)56-33-27(60-63(44,45)46)24(59-62(41,42)43)22(16(11-2)52-33)55-32-26(49-8)18(47-6)13(4)20(54-32)28(34)35/h12-27,30-33H,10-11H2,1-9H3,(H,34,35)(H,36,37)(H,38,39,40)(H,41,42,43)(H,44,45,46). The minimum Gasteiger partial charge on any atom is -0.479 e. The number of hydrogen-bond donors (Lipinski definition) is 5. The van der Waals surface area contributed by atoms with Gasteiger partial charge in [0.1, 0.15) is 30.5 Å². The second kappa shape index (κ2) is 21.8. The van der Waals surface area contributed by atoms with E-state index in [1.165, 1.54) is 49.0 Å². The lowest BCUT2D eigenvalue weighted by molar-refractivity contribution is -0.372. The molecule has 30 heteroatoms. The molecule has 20 unspecified atom stereocenters. The predicted octanol–water partition coefficient (Wildman–Crippen LogP) is -0.805. The summed E-state index contributed by atoms with van der Waals surface area (Å²) in [6, 6.07) is 0. The van der Waals surface area contributed by atoms with Gasteiger partial charge < -0.3 is 62.3 Å². The minimum absolute atomic E-state index is 0.179. The van der Waals surface area contributed by atoms with Crippen molar-refractivity contribution in [3.05, 3.63) is 0 Å². The molecule has 4 heterocycles. The molecular formula is C33H56O27S3. The molecule has 4 rings (SSSR count). The zero-order valence-electron chi connectivity index (χ0n) is 35.4. The molecule has 0 aromatic heterocycles. The molecule has 0 amide bonds. The van der Waals surface area contributed by atoms with Crippen LogP contribution in [0.2, 0.25) is 0 Å². The molecular weight excluding hydrogens is 925 g/mol. The van der Waals surface area contributed by atoms with E-state index in [0.717, 1.165) is 7.11 Å². The van der Waals surface area contributed by atoms with Crippen LogP contribution in [-0.4, -0.2) is 194 Å². The van der Waals surface area contributed by atoms with Crippen LogP contribution in [0.1, 0.15) is 47.5 Å². The maximum atomic E-state index is 12.9. The molecule has 0 bridgehead atoms. The van der Waals surface area contributed by atoms with Crippen LogP contribution >= 0.6 is 0 Å². The maximum Gasteiger partial charge on any atom is 0.397 e. The van der Waals surface area contributed by atoms with Gasteiger partial charge in [-0.3, -0.25) is 13.7 Å². The van der Waals surface area contributed by atoms with Crippen molar-refractivity contribution < 1.29 is 123 Å². The number of aliphatic carboxylic acids is 2. The van der Waals surface area contributed by atoms with Crippen LogP contribution in [0.15, 0.2) is 0 Å². The van der Waals surface area contributed by atoms with Crippen LogP contribution < -0.4 is 0 Å². The molecule has 0 saturated carbocycles. The van der Waals surface area contributed by atoms with Gasteiger partial charge in [-0.1, -0.05) is 34.6 Å². The number of methoxy groups -OCH3 is 4. The smallest absolute Gasteiger partial charge is 0.397 e. The monoisotopic (exact) mass is 980 g/mol. The van der Waals surface area contributed by atoms with E-state index in [0.29, 0.717) is 0 Å². The molecule has 0 aliphatic carbocycles. The Balaban J connectivity index is 1.73. The van der Waals surface area contributed by atoms with Gasteiger partial charge in [0.2, 0.25) is 0 Å². The zero-order chi connectivity index (χ0) is 47.5. The van der Waals surface area contributed by atoms with Crippen molar-refractivity contribution in [3.8, 4) is 0 Å². The number of carboxylic acid groups (broad SMARTS) is 2. The van der Waals surface area contributed by atoms with Crippen molar-refractivity contribution in [3.63, 3.8) is 0 Å². The highest BCUT2D eigenvalue weighted by atomic mass is 32.3. The molecule has 4 aliphatic heterocycles. The van der Waals surface area contributed by atoms with Gasteiger partial charge in [0.05, 0.1) is 30.5 Å². The molecule has 20 atom stereocenters. The molecule has 0 aromatic rings. The lowest BCUT2D eigenvalue weighted by atomic mass is 9.88. The van der Waals surface area contributed by atoms with Crippen molar-refractivity contribution in [1.29, 1.82) is 0 Å². The van der Waals surface area contributed by atoms with Gasteiger partial charge in [0, 0.05) is 46.2 Å². The lowest BCUT2D eigenvalue weighted by Crippen LogP contribution is -2.67. The maximum absolute atomic E-state index is 12.9. The average Bonchev–Trinajstić information content (AvgIpc) is 3.17. The summed E-state index contributed by atoms with van der Waals surface area (Å²) in [6.07, 6.45) is -27.6. The predicted molar refractivity (Wildman–Crippen MR) is 201 cm³/mol. The van der Waals surface area contributed by atoms with Gasteiger partial charge in [0.15, 0.2) is 43.5 Å². The Morgan fingerprint density at radius 3 is 1.33 bits per heavy atom. The summed E-state index contributed by atoms with van der Waals surface area (Å²) in [5.41, 5.74) is 0. The number of rotatable bonds is 20. The Hall–Kier alpha value is -1.89. The largest absolute Gasteiger partial charge is 0.479 e. The Kier molecular flexibility index (Phi) is 18.6. The van der Waals surface area contributed by atoms with E-state index in [9.17, 15) is 58.7 Å². The van der Waals surface area contributed by atoms with Gasteiger partial charge in [-0.2, -0.15) is 25.3 Å². The van der Waals surface area contributed by atoms with Crippen LogP contribution in [0.25, 0.3) is 0 Å². The first-order valence-corrected chi connectivity index (χ1v) is 23.5. The Morgan fingerprint density at radius 2 is 0.857 bits per heavy atom. The van der Waals surface area contributed by atoms with Crippen molar-refractivity contribution in [2.75, 3.05) is 28.4 Å². The second-order valence-corrected chi connectivity index (χ2v) is 18.3. The van der Waals surface area contributed by atoms with Gasteiger partial charge >= 0.3 is 43.1 Å². The minimum atomic E-state index is -5.65. The lowest BCUT2D eigenvalue weighted by Gasteiger charge is -2.50. The third kappa shape index (κ3) is 13.0. The van der Waals surface area contributed by atoms with Crippen molar-refractivity contribution in [2.45, 2.75) is 152 Å². The van der Waals surface area contributed by atoms with E-state index in [1.54, 1.807) is 6.92 Å². The normalized spacial score (nSPS) is 41.8. The van der Waals surface area contributed by atoms with Crippen molar-refractivity contribution in [1.82, 2.24) is 0 Å². The fourth-order valence-corrected chi connectivity index (χ4v) is 9.85. The zero-order valence-corrected chi connectivity index (χ0v) is 37.9. The van der Waals surface area contributed by atoms with Crippen molar-refractivity contribution >= 4 is 43.1 Å².